The maximum absolute atomic E-state index is 13.0. The van der Waals surface area contributed by atoms with Crippen molar-refractivity contribution in [1.82, 2.24) is 24.5 Å². The number of hydrogen-bond donors (Lipinski definition) is 1. The number of aromatic nitrogens is 5. The lowest BCUT2D eigenvalue weighted by Gasteiger charge is -2.09. The van der Waals surface area contributed by atoms with Crippen LogP contribution in [0.1, 0.15) is 5.56 Å². The van der Waals surface area contributed by atoms with Gasteiger partial charge < -0.3 is 13.9 Å². The van der Waals surface area contributed by atoms with Crippen LogP contribution in [-0.2, 0) is 24.3 Å². The molecule has 4 aromatic rings. The van der Waals surface area contributed by atoms with Crippen molar-refractivity contribution in [2.24, 2.45) is 7.05 Å². The molecule has 1 N–H and O–H groups in total. The van der Waals surface area contributed by atoms with Crippen LogP contribution in [0.25, 0.3) is 22.7 Å². The van der Waals surface area contributed by atoms with Crippen LogP contribution in [-0.4, -0.2) is 33.3 Å². The van der Waals surface area contributed by atoms with Crippen molar-refractivity contribution >= 4 is 22.2 Å². The lowest BCUT2D eigenvalue weighted by atomic mass is 10.2. The van der Waals surface area contributed by atoms with Crippen LogP contribution in [0.15, 0.2) is 53.8 Å². The first-order valence-corrected chi connectivity index (χ1v) is 9.44. The number of imidazole rings is 1. The summed E-state index contributed by atoms with van der Waals surface area (Å²) in [4.78, 5) is 16.0. The van der Waals surface area contributed by atoms with Gasteiger partial charge >= 0.3 is 6.18 Å². The summed E-state index contributed by atoms with van der Waals surface area (Å²) in [6, 6.07) is 7.16. The highest BCUT2D eigenvalue weighted by molar-refractivity contribution is 7.79. The molecular weight excluding hydrogens is 423 g/mol. The average Bonchev–Trinajstić information content (AvgIpc) is 3.04. The second-order valence-corrected chi connectivity index (χ2v) is 7.03. The Morgan fingerprint density at radius 2 is 1.93 bits per heavy atom. The van der Waals surface area contributed by atoms with E-state index in [1.807, 2.05) is 0 Å². The van der Waals surface area contributed by atoms with Gasteiger partial charge in [-0.3, -0.25) is 0 Å². The van der Waals surface area contributed by atoms with Gasteiger partial charge in [-0.15, -0.1) is 0 Å². The highest BCUT2D eigenvalue weighted by Crippen LogP contribution is 2.33. The summed E-state index contributed by atoms with van der Waals surface area (Å²) in [6.07, 6.45) is -1.05. The molecule has 0 spiro atoms. The van der Waals surface area contributed by atoms with E-state index >= 15 is 0 Å². The predicted octanol–water partition coefficient (Wildman–Crippen LogP) is 3.82. The number of pyridine rings is 3. The number of hydrogen-bond acceptors (Lipinski definition) is 6. The maximum Gasteiger partial charge on any atom is 0.417 e. The molecule has 30 heavy (non-hydrogen) atoms. The highest BCUT2D eigenvalue weighted by Gasteiger charge is 2.32. The Morgan fingerprint density at radius 3 is 2.60 bits per heavy atom. The van der Waals surface area contributed by atoms with E-state index in [1.54, 1.807) is 18.2 Å². The first-order chi connectivity index (χ1) is 14.2. The van der Waals surface area contributed by atoms with Gasteiger partial charge in [-0.1, -0.05) is 6.07 Å². The third-order valence-corrected chi connectivity index (χ3v) is 4.81. The summed E-state index contributed by atoms with van der Waals surface area (Å²) in [6.45, 7) is 0. The molecule has 4 aromatic heterocycles. The fraction of sp³-hybridized carbons (Fsp3) is 0.111. The van der Waals surface area contributed by atoms with Gasteiger partial charge in [-0.05, 0) is 12.1 Å². The van der Waals surface area contributed by atoms with Gasteiger partial charge in [-0.25, -0.2) is 24.1 Å². The molecule has 1 atom stereocenters. The molecule has 0 bridgehead atoms. The normalized spacial score (nSPS) is 12.8. The molecule has 0 aliphatic carbocycles. The molecular formula is C18H12F3N5O3S. The van der Waals surface area contributed by atoms with Crippen LogP contribution in [0.2, 0.25) is 0 Å². The summed E-state index contributed by atoms with van der Waals surface area (Å²) in [7, 11) is 1.52. The van der Waals surface area contributed by atoms with E-state index in [0.717, 1.165) is 6.07 Å². The minimum Gasteiger partial charge on any atom is -0.437 e. The van der Waals surface area contributed by atoms with E-state index in [9.17, 15) is 21.9 Å². The maximum atomic E-state index is 13.0. The number of alkyl halides is 3. The van der Waals surface area contributed by atoms with Gasteiger partial charge in [-0.2, -0.15) is 13.2 Å². The van der Waals surface area contributed by atoms with E-state index in [0.29, 0.717) is 6.20 Å². The summed E-state index contributed by atoms with van der Waals surface area (Å²) >= 11 is -2.47. The molecule has 4 heterocycles. The quantitative estimate of drug-likeness (QED) is 0.486. The molecule has 0 aliphatic rings. The van der Waals surface area contributed by atoms with Crippen molar-refractivity contribution in [3.63, 3.8) is 0 Å². The zero-order chi connectivity index (χ0) is 21.5. The van der Waals surface area contributed by atoms with Gasteiger partial charge in [0.1, 0.15) is 17.0 Å². The van der Waals surface area contributed by atoms with Crippen molar-refractivity contribution in [2.45, 2.75) is 11.1 Å². The molecule has 12 heteroatoms. The second-order valence-electron chi connectivity index (χ2n) is 6.10. The van der Waals surface area contributed by atoms with Gasteiger partial charge in [0.05, 0.1) is 16.7 Å². The van der Waals surface area contributed by atoms with Crippen LogP contribution in [0.4, 0.5) is 13.2 Å². The van der Waals surface area contributed by atoms with Crippen LogP contribution in [0.5, 0.6) is 11.6 Å². The molecule has 8 nitrogen and oxygen atoms in total. The molecule has 1 unspecified atom stereocenters. The van der Waals surface area contributed by atoms with Crippen molar-refractivity contribution in [1.29, 1.82) is 0 Å². The Bertz CT molecular complexity index is 1260. The van der Waals surface area contributed by atoms with E-state index in [4.69, 9.17) is 4.74 Å². The topological polar surface area (TPSA) is 103 Å². The zero-order valence-electron chi connectivity index (χ0n) is 15.2. The van der Waals surface area contributed by atoms with E-state index in [2.05, 4.69) is 19.9 Å². The standard InChI is InChI=1S/C18H12F3N5O3S/c1-26-16-12(6-10(8-24-16)18(19,20)21)25-17(26)15-13(30(27)28)7-11(9-23-15)29-14-4-2-3-5-22-14/h2-9H,1H3,(H,27,28). The predicted molar refractivity (Wildman–Crippen MR) is 100 cm³/mol. The fourth-order valence-electron chi connectivity index (χ4n) is 2.75. The fourth-order valence-corrected chi connectivity index (χ4v) is 3.28. The summed E-state index contributed by atoms with van der Waals surface area (Å²) < 4.78 is 67.4. The third-order valence-electron chi connectivity index (χ3n) is 4.12. The number of nitrogens with zero attached hydrogens (tertiary/aromatic N) is 5. The lowest BCUT2D eigenvalue weighted by Crippen LogP contribution is -2.05. The molecule has 0 aromatic carbocycles. The third kappa shape index (κ3) is 3.74. The first kappa shape index (κ1) is 19.9. The number of aryl methyl sites for hydroxylation is 1. The van der Waals surface area contributed by atoms with Crippen LogP contribution >= 0.6 is 0 Å². The number of rotatable bonds is 4. The monoisotopic (exact) mass is 435 g/mol. The zero-order valence-corrected chi connectivity index (χ0v) is 16.0. The Hall–Kier alpha value is -3.38. The smallest absolute Gasteiger partial charge is 0.417 e. The SMILES string of the molecule is Cn1c(-c2ncc(Oc3ccccn3)cc2S(=O)O)nc2cc(C(F)(F)F)cnc21. The van der Waals surface area contributed by atoms with Crippen molar-refractivity contribution in [3.05, 3.63) is 54.5 Å². The first-order valence-electron chi connectivity index (χ1n) is 8.34. The van der Waals surface area contributed by atoms with E-state index in [1.165, 1.54) is 30.1 Å². The Morgan fingerprint density at radius 1 is 1.13 bits per heavy atom. The molecule has 4 rings (SSSR count). The largest absolute Gasteiger partial charge is 0.437 e. The Balaban J connectivity index is 1.80. The van der Waals surface area contributed by atoms with Crippen molar-refractivity contribution < 1.29 is 26.7 Å². The highest BCUT2D eigenvalue weighted by atomic mass is 32.2. The van der Waals surface area contributed by atoms with Crippen LogP contribution in [0.3, 0.4) is 0 Å². The van der Waals surface area contributed by atoms with Crippen molar-refractivity contribution in [2.75, 3.05) is 0 Å². The molecule has 0 fully saturated rings. The van der Waals surface area contributed by atoms with Gasteiger partial charge in [0.15, 0.2) is 22.6 Å². The van der Waals surface area contributed by atoms with Gasteiger partial charge in [0.2, 0.25) is 5.88 Å². The molecule has 0 saturated carbocycles. The van der Waals surface area contributed by atoms with E-state index < -0.39 is 22.8 Å². The minimum atomic E-state index is -4.57. The van der Waals surface area contributed by atoms with Crippen molar-refractivity contribution in [3.8, 4) is 23.1 Å². The average molecular weight is 435 g/mol. The van der Waals surface area contributed by atoms with Gasteiger partial charge in [0, 0.05) is 31.6 Å². The van der Waals surface area contributed by atoms with Gasteiger partial charge in [0.25, 0.3) is 0 Å². The Labute approximate surface area is 169 Å². The molecule has 0 aliphatic heterocycles. The molecule has 0 radical (unpaired) electrons. The van der Waals surface area contributed by atoms with E-state index in [-0.39, 0.29) is 39.2 Å². The second kappa shape index (κ2) is 7.46. The number of halogens is 3. The molecule has 0 amide bonds. The number of fused-ring (bicyclic) bond motifs is 1. The summed E-state index contributed by atoms with van der Waals surface area (Å²) in [5, 5.41) is 0. The minimum absolute atomic E-state index is 0.0123. The molecule has 0 saturated heterocycles. The number of ether oxygens (including phenoxy) is 1. The molecule has 154 valence electrons. The summed E-state index contributed by atoms with van der Waals surface area (Å²) in [5.74, 6) is 0.498. The van der Waals surface area contributed by atoms with Crippen LogP contribution < -0.4 is 4.74 Å². The Kier molecular flexibility index (Phi) is 4.95. The van der Waals surface area contributed by atoms with Crippen LogP contribution in [0, 0.1) is 0 Å². The lowest BCUT2D eigenvalue weighted by molar-refractivity contribution is -0.137. The summed E-state index contributed by atoms with van der Waals surface area (Å²) in [5.41, 5.74) is -0.785.